The van der Waals surface area contributed by atoms with Gasteiger partial charge in [0, 0.05) is 12.7 Å². The first-order chi connectivity index (χ1) is 10.6. The number of urea groups is 1. The van der Waals surface area contributed by atoms with Crippen molar-refractivity contribution < 1.29 is 9.90 Å². The van der Waals surface area contributed by atoms with Gasteiger partial charge in [0.05, 0.1) is 0 Å². The molecule has 0 aliphatic rings. The Morgan fingerprint density at radius 2 is 1.77 bits per heavy atom. The van der Waals surface area contributed by atoms with Gasteiger partial charge in [-0.1, -0.05) is 42.0 Å². The number of aromatic hydroxyl groups is 1. The highest BCUT2D eigenvalue weighted by Gasteiger charge is 1.98. The first kappa shape index (κ1) is 15.6. The number of rotatable bonds is 5. The molecule has 0 fully saturated rings. The average molecular weight is 296 g/mol. The van der Waals surface area contributed by atoms with E-state index in [2.05, 4.69) is 10.6 Å². The van der Waals surface area contributed by atoms with E-state index in [0.717, 1.165) is 17.5 Å². The molecule has 4 nitrogen and oxygen atoms in total. The van der Waals surface area contributed by atoms with Crippen LogP contribution in [0.3, 0.4) is 0 Å². The number of hydrogen-bond acceptors (Lipinski definition) is 2. The molecule has 0 saturated carbocycles. The lowest BCUT2D eigenvalue weighted by Crippen LogP contribution is -2.33. The maximum Gasteiger partial charge on any atom is 0.318 e. The molecule has 0 heterocycles. The Hall–Kier alpha value is -2.75. The Bertz CT molecular complexity index is 631. The first-order valence-corrected chi connectivity index (χ1v) is 7.19. The van der Waals surface area contributed by atoms with Crippen molar-refractivity contribution in [3.05, 3.63) is 71.4 Å². The van der Waals surface area contributed by atoms with E-state index < -0.39 is 0 Å². The molecule has 0 unspecified atom stereocenters. The summed E-state index contributed by atoms with van der Waals surface area (Å²) >= 11 is 0. The van der Waals surface area contributed by atoms with Crippen molar-refractivity contribution in [1.82, 2.24) is 10.6 Å². The van der Waals surface area contributed by atoms with Crippen molar-refractivity contribution in [3.8, 4) is 5.75 Å². The molecule has 0 aliphatic carbocycles. The van der Waals surface area contributed by atoms with Crippen LogP contribution in [0.5, 0.6) is 5.75 Å². The van der Waals surface area contributed by atoms with Crippen LogP contribution in [0.25, 0.3) is 6.08 Å². The predicted octanol–water partition coefficient (Wildman–Crippen LogP) is 3.21. The fourth-order valence-electron chi connectivity index (χ4n) is 1.93. The number of phenols is 1. The summed E-state index contributed by atoms with van der Waals surface area (Å²) in [5.41, 5.74) is 3.31. The van der Waals surface area contributed by atoms with Crippen molar-refractivity contribution in [2.24, 2.45) is 0 Å². The Kier molecular flexibility index (Phi) is 5.60. The molecule has 114 valence electrons. The minimum absolute atomic E-state index is 0.234. The van der Waals surface area contributed by atoms with Gasteiger partial charge in [0.15, 0.2) is 0 Å². The van der Waals surface area contributed by atoms with Gasteiger partial charge in [0.2, 0.25) is 0 Å². The molecule has 4 heteroatoms. The van der Waals surface area contributed by atoms with Crippen molar-refractivity contribution in [3.63, 3.8) is 0 Å². The van der Waals surface area contributed by atoms with Gasteiger partial charge in [-0.3, -0.25) is 0 Å². The van der Waals surface area contributed by atoms with E-state index in [1.807, 2.05) is 49.4 Å². The number of hydrogen-bond donors (Lipinski definition) is 3. The average Bonchev–Trinajstić information content (AvgIpc) is 2.51. The van der Waals surface area contributed by atoms with E-state index in [0.29, 0.717) is 6.54 Å². The third-order valence-electron chi connectivity index (χ3n) is 3.20. The van der Waals surface area contributed by atoms with Gasteiger partial charge in [-0.15, -0.1) is 0 Å². The maximum absolute atomic E-state index is 11.6. The van der Waals surface area contributed by atoms with Crippen LogP contribution in [0.15, 0.2) is 54.7 Å². The van der Waals surface area contributed by atoms with Gasteiger partial charge in [0.25, 0.3) is 0 Å². The summed E-state index contributed by atoms with van der Waals surface area (Å²) in [6.45, 7) is 2.57. The number of aryl methyl sites for hydroxylation is 1. The fourth-order valence-corrected chi connectivity index (χ4v) is 1.93. The Morgan fingerprint density at radius 1 is 1.09 bits per heavy atom. The lowest BCUT2D eigenvalue weighted by Gasteiger charge is -2.05. The third-order valence-corrected chi connectivity index (χ3v) is 3.20. The Labute approximate surface area is 130 Å². The number of carbonyl (C=O) groups excluding carboxylic acids is 1. The highest BCUT2D eigenvalue weighted by molar-refractivity contribution is 5.75. The molecule has 2 amide bonds. The number of nitrogens with one attached hydrogen (secondary N) is 2. The zero-order chi connectivity index (χ0) is 15.8. The normalized spacial score (nSPS) is 10.6. The number of carbonyl (C=O) groups is 1. The number of phenolic OH excluding ortho intramolecular Hbond substituents is 1. The summed E-state index contributed by atoms with van der Waals surface area (Å²) in [6, 6.07) is 14.8. The van der Waals surface area contributed by atoms with Gasteiger partial charge < -0.3 is 15.7 Å². The maximum atomic E-state index is 11.6. The summed E-state index contributed by atoms with van der Waals surface area (Å²) in [5, 5.41) is 14.6. The highest BCUT2D eigenvalue weighted by atomic mass is 16.3. The topological polar surface area (TPSA) is 61.4 Å². The summed E-state index contributed by atoms with van der Waals surface area (Å²) in [4.78, 5) is 11.6. The van der Waals surface area contributed by atoms with Gasteiger partial charge in [0.1, 0.15) is 5.75 Å². The molecule has 0 aliphatic heterocycles. The predicted molar refractivity (Wildman–Crippen MR) is 88.6 cm³/mol. The van der Waals surface area contributed by atoms with Crippen LogP contribution in [0, 0.1) is 6.92 Å². The van der Waals surface area contributed by atoms with E-state index in [-0.39, 0.29) is 11.8 Å². The van der Waals surface area contributed by atoms with Gasteiger partial charge in [-0.2, -0.15) is 0 Å². The lowest BCUT2D eigenvalue weighted by molar-refractivity contribution is 0.244. The fraction of sp³-hybridized carbons (Fsp3) is 0.167. The first-order valence-electron chi connectivity index (χ1n) is 7.19. The molecule has 0 saturated heterocycles. The molecule has 22 heavy (non-hydrogen) atoms. The van der Waals surface area contributed by atoms with Crippen LogP contribution >= 0.6 is 0 Å². The largest absolute Gasteiger partial charge is 0.508 e. The molecule has 0 spiro atoms. The van der Waals surface area contributed by atoms with Crippen molar-refractivity contribution in [1.29, 1.82) is 0 Å². The van der Waals surface area contributed by atoms with Crippen LogP contribution in [-0.2, 0) is 6.42 Å². The molecular weight excluding hydrogens is 276 g/mol. The summed E-state index contributed by atoms with van der Waals surface area (Å²) in [5.74, 6) is 0.246. The molecular formula is C18H20N2O2. The van der Waals surface area contributed by atoms with Crippen LogP contribution in [-0.4, -0.2) is 17.7 Å². The second-order valence-corrected chi connectivity index (χ2v) is 5.06. The smallest absolute Gasteiger partial charge is 0.318 e. The van der Waals surface area contributed by atoms with E-state index >= 15 is 0 Å². The minimum atomic E-state index is -0.234. The van der Waals surface area contributed by atoms with Gasteiger partial charge in [-0.25, -0.2) is 4.79 Å². The number of benzene rings is 2. The SMILES string of the molecule is Cc1ccc(/C=C/NC(=O)NCCc2ccc(O)cc2)cc1. The highest BCUT2D eigenvalue weighted by Crippen LogP contribution is 2.09. The van der Waals surface area contributed by atoms with Crippen molar-refractivity contribution >= 4 is 12.1 Å². The van der Waals surface area contributed by atoms with Crippen LogP contribution in [0.4, 0.5) is 4.79 Å². The van der Waals surface area contributed by atoms with Gasteiger partial charge >= 0.3 is 6.03 Å². The molecule has 2 rings (SSSR count). The summed E-state index contributed by atoms with van der Waals surface area (Å²) in [6.07, 6.45) is 4.19. The lowest BCUT2D eigenvalue weighted by atomic mass is 10.1. The quantitative estimate of drug-likeness (QED) is 0.793. The second kappa shape index (κ2) is 7.88. The van der Waals surface area contributed by atoms with Gasteiger partial charge in [-0.05, 0) is 42.7 Å². The molecule has 2 aromatic rings. The molecule has 0 radical (unpaired) electrons. The standard InChI is InChI=1S/C18H20N2O2/c1-14-2-4-15(5-3-14)10-12-19-18(22)20-13-11-16-6-8-17(21)9-7-16/h2-10,12,21H,11,13H2,1H3,(H2,19,20,22)/b12-10+. The van der Waals surface area contributed by atoms with Crippen LogP contribution in [0.2, 0.25) is 0 Å². The molecule has 0 aromatic heterocycles. The molecule has 0 bridgehead atoms. The van der Waals surface area contributed by atoms with E-state index in [1.54, 1.807) is 18.3 Å². The third kappa shape index (κ3) is 5.32. The number of amides is 2. The van der Waals surface area contributed by atoms with E-state index in [1.165, 1.54) is 5.56 Å². The van der Waals surface area contributed by atoms with Crippen LogP contribution in [0.1, 0.15) is 16.7 Å². The minimum Gasteiger partial charge on any atom is -0.508 e. The molecule has 0 atom stereocenters. The molecule has 2 aromatic carbocycles. The Balaban J connectivity index is 1.69. The molecule has 3 N–H and O–H groups in total. The van der Waals surface area contributed by atoms with E-state index in [9.17, 15) is 9.90 Å². The van der Waals surface area contributed by atoms with Crippen molar-refractivity contribution in [2.45, 2.75) is 13.3 Å². The zero-order valence-electron chi connectivity index (χ0n) is 12.5. The zero-order valence-corrected chi connectivity index (χ0v) is 12.5. The monoisotopic (exact) mass is 296 g/mol. The summed E-state index contributed by atoms with van der Waals surface area (Å²) < 4.78 is 0. The summed E-state index contributed by atoms with van der Waals surface area (Å²) in [7, 11) is 0. The second-order valence-electron chi connectivity index (χ2n) is 5.06. The van der Waals surface area contributed by atoms with Crippen molar-refractivity contribution in [2.75, 3.05) is 6.54 Å². The van der Waals surface area contributed by atoms with E-state index in [4.69, 9.17) is 0 Å². The van der Waals surface area contributed by atoms with Crippen LogP contribution < -0.4 is 10.6 Å². The Morgan fingerprint density at radius 3 is 2.45 bits per heavy atom.